The van der Waals surface area contributed by atoms with E-state index in [1.54, 1.807) is 6.07 Å². The van der Waals surface area contributed by atoms with Crippen LogP contribution >= 0.6 is 0 Å². The minimum atomic E-state index is -0.412. The van der Waals surface area contributed by atoms with Crippen molar-refractivity contribution in [1.29, 1.82) is 0 Å². The highest BCUT2D eigenvalue weighted by Crippen LogP contribution is 2.32. The van der Waals surface area contributed by atoms with Gasteiger partial charge in [-0.1, -0.05) is 6.07 Å². The molecule has 2 amide bonds. The number of likely N-dealkylation sites (N-methyl/N-ethyl adjacent to an activating group) is 1. The third kappa shape index (κ3) is 4.25. The van der Waals surface area contributed by atoms with Crippen molar-refractivity contribution in [3.8, 4) is 0 Å². The Morgan fingerprint density at radius 3 is 2.86 bits per heavy atom. The lowest BCUT2D eigenvalue weighted by Gasteiger charge is -2.37. The fourth-order valence-corrected chi connectivity index (χ4v) is 4.97. The van der Waals surface area contributed by atoms with Crippen molar-refractivity contribution in [2.24, 2.45) is 0 Å². The van der Waals surface area contributed by atoms with Crippen LogP contribution in [0.1, 0.15) is 43.2 Å². The highest BCUT2D eigenvalue weighted by atomic mass is 19.1. The summed E-state index contributed by atoms with van der Waals surface area (Å²) in [5, 5.41) is 6.43. The summed E-state index contributed by atoms with van der Waals surface area (Å²) in [6, 6.07) is 3.35. The first-order valence-electron chi connectivity index (χ1n) is 10.7. The van der Waals surface area contributed by atoms with Gasteiger partial charge in [-0.25, -0.2) is 4.39 Å². The number of aryl methyl sites for hydroxylation is 1. The Balaban J connectivity index is 1.34. The van der Waals surface area contributed by atoms with Gasteiger partial charge in [0, 0.05) is 62.9 Å². The maximum Gasteiger partial charge on any atom is 0.243 e. The minimum Gasteiger partial charge on any atom is -0.373 e. The van der Waals surface area contributed by atoms with E-state index in [0.717, 1.165) is 56.6 Å². The first-order valence-corrected chi connectivity index (χ1v) is 10.7. The molecule has 158 valence electrons. The number of carbonyl (C=O) groups is 2. The number of benzene rings is 1. The van der Waals surface area contributed by atoms with Crippen LogP contribution in [0.4, 0.5) is 10.1 Å². The number of nitrogens with one attached hydrogen (secondary N) is 2. The van der Waals surface area contributed by atoms with Crippen molar-refractivity contribution in [3.05, 3.63) is 29.1 Å². The van der Waals surface area contributed by atoms with E-state index >= 15 is 0 Å². The van der Waals surface area contributed by atoms with Crippen molar-refractivity contribution in [3.63, 3.8) is 0 Å². The van der Waals surface area contributed by atoms with E-state index in [1.807, 2.05) is 18.9 Å². The van der Waals surface area contributed by atoms with E-state index in [1.165, 1.54) is 6.07 Å². The number of nitrogens with zero attached hydrogens (tertiary/aromatic N) is 2. The van der Waals surface area contributed by atoms with Gasteiger partial charge in [0.25, 0.3) is 0 Å². The van der Waals surface area contributed by atoms with E-state index in [-0.39, 0.29) is 23.7 Å². The van der Waals surface area contributed by atoms with Crippen LogP contribution in [-0.2, 0) is 16.0 Å². The van der Waals surface area contributed by atoms with E-state index < -0.39 is 6.04 Å². The highest BCUT2D eigenvalue weighted by molar-refractivity contribution is 5.88. The number of hydrogen-bond donors (Lipinski definition) is 2. The van der Waals surface area contributed by atoms with Crippen molar-refractivity contribution in [2.45, 2.75) is 63.6 Å². The van der Waals surface area contributed by atoms with Crippen molar-refractivity contribution in [1.82, 2.24) is 15.1 Å². The maximum absolute atomic E-state index is 14.1. The molecule has 2 heterocycles. The summed E-state index contributed by atoms with van der Waals surface area (Å²) in [5.41, 5.74) is 2.35. The predicted octanol–water partition coefficient (Wildman–Crippen LogP) is 2.06. The summed E-state index contributed by atoms with van der Waals surface area (Å²) in [7, 11) is 1.87. The fourth-order valence-electron chi connectivity index (χ4n) is 4.97. The van der Waals surface area contributed by atoms with Crippen LogP contribution in [0.5, 0.6) is 0 Å². The molecule has 4 rings (SSSR count). The number of fused-ring (bicyclic) bond motifs is 1. The van der Waals surface area contributed by atoms with Crippen LogP contribution in [0.3, 0.4) is 0 Å². The molecule has 1 aliphatic carbocycles. The lowest BCUT2D eigenvalue weighted by molar-refractivity contribution is -0.129. The largest absolute Gasteiger partial charge is 0.373 e. The van der Waals surface area contributed by atoms with Crippen LogP contribution in [0.15, 0.2) is 12.1 Å². The Hall–Kier alpha value is -2.15. The summed E-state index contributed by atoms with van der Waals surface area (Å²) in [6.45, 7) is 4.39. The summed E-state index contributed by atoms with van der Waals surface area (Å²) in [5.74, 6) is -0.0780. The summed E-state index contributed by atoms with van der Waals surface area (Å²) >= 11 is 0. The molecule has 1 saturated carbocycles. The second kappa shape index (κ2) is 8.30. The third-order valence-electron chi connectivity index (χ3n) is 6.78. The second-order valence-electron chi connectivity index (χ2n) is 8.75. The van der Waals surface area contributed by atoms with Gasteiger partial charge in [0.2, 0.25) is 11.8 Å². The molecule has 29 heavy (non-hydrogen) atoms. The van der Waals surface area contributed by atoms with Crippen molar-refractivity contribution < 1.29 is 14.0 Å². The van der Waals surface area contributed by atoms with Crippen LogP contribution in [-0.4, -0.2) is 66.4 Å². The van der Waals surface area contributed by atoms with Crippen molar-refractivity contribution >= 4 is 17.5 Å². The fraction of sp³-hybridized carbons (Fsp3) is 0.636. The normalized spacial score (nSPS) is 27.9. The standard InChI is InChI=1S/C22H31FN4O2/c1-14-6-7-18(23)17-13-19(25-21(14)17)22(29)24-15-4-3-5-16(12-15)27-9-8-20(28)26(2)10-11-27/h6-7,15-16,19,25H,3-5,8-13H2,1-2H3,(H,24,29)/t15-,16?,19?/m1/s1. The molecule has 3 aliphatic rings. The number of halogens is 1. The SMILES string of the molecule is Cc1ccc(F)c2c1NC(C(=O)N[C@@H]1CCCC(N3CCC(=O)N(C)CC3)C1)C2. The zero-order chi connectivity index (χ0) is 20.5. The molecule has 1 aromatic carbocycles. The molecule has 0 spiro atoms. The Morgan fingerprint density at radius 1 is 1.24 bits per heavy atom. The zero-order valence-electron chi connectivity index (χ0n) is 17.3. The van der Waals surface area contributed by atoms with Gasteiger partial charge in [-0.15, -0.1) is 0 Å². The van der Waals surface area contributed by atoms with E-state index in [9.17, 15) is 14.0 Å². The van der Waals surface area contributed by atoms with Gasteiger partial charge in [-0.3, -0.25) is 14.5 Å². The molecule has 2 N–H and O–H groups in total. The van der Waals surface area contributed by atoms with E-state index in [4.69, 9.17) is 0 Å². The van der Waals surface area contributed by atoms with Gasteiger partial charge in [-0.05, 0) is 44.2 Å². The van der Waals surface area contributed by atoms with Gasteiger partial charge in [-0.2, -0.15) is 0 Å². The summed E-state index contributed by atoms with van der Waals surface area (Å²) in [6.07, 6.45) is 5.03. The predicted molar refractivity (Wildman–Crippen MR) is 110 cm³/mol. The molecule has 1 saturated heterocycles. The number of hydrogen-bond acceptors (Lipinski definition) is 4. The van der Waals surface area contributed by atoms with Crippen LogP contribution in [0.25, 0.3) is 0 Å². The summed E-state index contributed by atoms with van der Waals surface area (Å²) in [4.78, 5) is 29.0. The Labute approximate surface area is 171 Å². The molecule has 2 unspecified atom stereocenters. The lowest BCUT2D eigenvalue weighted by atomic mass is 9.89. The number of amides is 2. The Bertz CT molecular complexity index is 768. The molecule has 6 nitrogen and oxygen atoms in total. The highest BCUT2D eigenvalue weighted by Gasteiger charge is 2.34. The van der Waals surface area contributed by atoms with Gasteiger partial charge in [0.1, 0.15) is 11.9 Å². The molecule has 7 heteroatoms. The van der Waals surface area contributed by atoms with Gasteiger partial charge >= 0.3 is 0 Å². The number of carbonyl (C=O) groups excluding carboxylic acids is 2. The van der Waals surface area contributed by atoms with Crippen LogP contribution in [0, 0.1) is 12.7 Å². The molecule has 1 aromatic rings. The lowest BCUT2D eigenvalue weighted by Crippen LogP contribution is -2.49. The van der Waals surface area contributed by atoms with Gasteiger partial charge < -0.3 is 15.5 Å². The average Bonchev–Trinajstić information content (AvgIpc) is 3.10. The quantitative estimate of drug-likeness (QED) is 0.812. The molecular formula is C22H31FN4O2. The molecule has 0 bridgehead atoms. The average molecular weight is 403 g/mol. The van der Waals surface area contributed by atoms with E-state index in [0.29, 0.717) is 24.4 Å². The molecule has 3 atom stereocenters. The number of anilines is 1. The third-order valence-corrected chi connectivity index (χ3v) is 6.78. The van der Waals surface area contributed by atoms with Gasteiger partial charge in [0.05, 0.1) is 0 Å². The first kappa shape index (κ1) is 20.1. The molecule has 0 aromatic heterocycles. The van der Waals surface area contributed by atoms with Crippen molar-refractivity contribution in [2.75, 3.05) is 32.0 Å². The van der Waals surface area contributed by atoms with Crippen LogP contribution < -0.4 is 10.6 Å². The van der Waals surface area contributed by atoms with E-state index in [2.05, 4.69) is 15.5 Å². The minimum absolute atomic E-state index is 0.0450. The molecule has 0 radical (unpaired) electrons. The molecule has 2 aliphatic heterocycles. The molecular weight excluding hydrogens is 371 g/mol. The monoisotopic (exact) mass is 402 g/mol. The summed E-state index contributed by atoms with van der Waals surface area (Å²) < 4.78 is 14.1. The first-order chi connectivity index (χ1) is 13.9. The second-order valence-corrected chi connectivity index (χ2v) is 8.75. The topological polar surface area (TPSA) is 64.7 Å². The Morgan fingerprint density at radius 2 is 2.07 bits per heavy atom. The molecule has 2 fully saturated rings. The smallest absolute Gasteiger partial charge is 0.243 e. The zero-order valence-corrected chi connectivity index (χ0v) is 17.3. The van der Waals surface area contributed by atoms with Crippen LogP contribution in [0.2, 0.25) is 0 Å². The Kier molecular flexibility index (Phi) is 5.76. The maximum atomic E-state index is 14.1. The van der Waals surface area contributed by atoms with Gasteiger partial charge in [0.15, 0.2) is 0 Å². The number of rotatable bonds is 3.